The Balaban J connectivity index is 2.04. The number of halogens is 1. The summed E-state index contributed by atoms with van der Waals surface area (Å²) in [6.45, 7) is 6.31. The molecule has 0 atom stereocenters. The van der Waals surface area contributed by atoms with Gasteiger partial charge in [-0.3, -0.25) is 4.79 Å². The number of para-hydroxylation sites is 1. The minimum absolute atomic E-state index is 0.219. The van der Waals surface area contributed by atoms with Gasteiger partial charge in [-0.15, -0.1) is 0 Å². The van der Waals surface area contributed by atoms with Gasteiger partial charge in [0.05, 0.1) is 16.4 Å². The van der Waals surface area contributed by atoms with Crippen LogP contribution in [-0.2, 0) is 4.79 Å². The smallest absolute Gasteiger partial charge is 0.312 e. The van der Waals surface area contributed by atoms with Gasteiger partial charge >= 0.3 is 5.97 Å². The topological polar surface area (TPSA) is 44.1 Å². The first-order valence-electron chi connectivity index (χ1n) is 9.58. The lowest BCUT2D eigenvalue weighted by Gasteiger charge is -2.09. The van der Waals surface area contributed by atoms with Crippen molar-refractivity contribution in [3.05, 3.63) is 41.0 Å². The van der Waals surface area contributed by atoms with Gasteiger partial charge in [-0.2, -0.15) is 9.78 Å². The third kappa shape index (κ3) is 5.87. The molecule has 142 valence electrons. The molecule has 0 unspecified atom stereocenters. The monoisotopic (exact) mass is 376 g/mol. The van der Waals surface area contributed by atoms with Crippen molar-refractivity contribution in [3.63, 3.8) is 0 Å². The molecule has 2 rings (SSSR count). The largest absolute Gasteiger partial charge is 0.407 e. The van der Waals surface area contributed by atoms with E-state index in [0.717, 1.165) is 18.5 Å². The molecule has 0 radical (unpaired) electrons. The lowest BCUT2D eigenvalue weighted by Crippen LogP contribution is -2.11. The summed E-state index contributed by atoms with van der Waals surface area (Å²) >= 11 is 6.30. The van der Waals surface area contributed by atoms with E-state index >= 15 is 0 Å². The third-order valence-corrected chi connectivity index (χ3v) is 4.64. The van der Waals surface area contributed by atoms with Gasteiger partial charge in [0.2, 0.25) is 5.88 Å². The van der Waals surface area contributed by atoms with Crippen LogP contribution in [0.4, 0.5) is 0 Å². The molecule has 0 saturated carbocycles. The maximum absolute atomic E-state index is 12.3. The SMILES string of the molecule is CCCCCCCCC(=O)Oc1cc(C(C)C)nn1-c1ccccc1Cl. The molecule has 2 aromatic rings. The van der Waals surface area contributed by atoms with Crippen molar-refractivity contribution in [1.29, 1.82) is 0 Å². The summed E-state index contributed by atoms with van der Waals surface area (Å²) in [4.78, 5) is 12.3. The Labute approximate surface area is 161 Å². The lowest BCUT2D eigenvalue weighted by atomic mass is 10.1. The van der Waals surface area contributed by atoms with E-state index in [1.807, 2.05) is 24.3 Å². The number of aromatic nitrogens is 2. The third-order valence-electron chi connectivity index (χ3n) is 4.32. The van der Waals surface area contributed by atoms with E-state index in [9.17, 15) is 4.79 Å². The number of benzene rings is 1. The number of ether oxygens (including phenoxy) is 1. The number of rotatable bonds is 10. The molecule has 0 saturated heterocycles. The van der Waals surface area contributed by atoms with Gasteiger partial charge in [0.1, 0.15) is 0 Å². The van der Waals surface area contributed by atoms with Gasteiger partial charge < -0.3 is 4.74 Å². The Morgan fingerprint density at radius 2 is 1.85 bits per heavy atom. The van der Waals surface area contributed by atoms with Crippen LogP contribution in [0, 0.1) is 0 Å². The molecule has 0 aliphatic heterocycles. The first kappa shape index (κ1) is 20.5. The van der Waals surface area contributed by atoms with Crippen molar-refractivity contribution >= 4 is 17.6 Å². The van der Waals surface area contributed by atoms with Crippen molar-refractivity contribution in [1.82, 2.24) is 9.78 Å². The molecule has 0 aliphatic carbocycles. The van der Waals surface area contributed by atoms with E-state index in [1.54, 1.807) is 10.7 Å². The maximum atomic E-state index is 12.3. The quantitative estimate of drug-likeness (QED) is 0.360. The van der Waals surface area contributed by atoms with E-state index in [2.05, 4.69) is 25.9 Å². The second-order valence-electron chi connectivity index (χ2n) is 6.92. The summed E-state index contributed by atoms with van der Waals surface area (Å²) in [5, 5.41) is 5.15. The Morgan fingerprint density at radius 1 is 1.15 bits per heavy atom. The summed E-state index contributed by atoms with van der Waals surface area (Å²) in [5.74, 6) is 0.441. The van der Waals surface area contributed by atoms with Crippen LogP contribution in [0.2, 0.25) is 5.02 Å². The van der Waals surface area contributed by atoms with Crippen LogP contribution in [0.15, 0.2) is 30.3 Å². The zero-order valence-corrected chi connectivity index (χ0v) is 16.8. The number of hydrogen-bond acceptors (Lipinski definition) is 3. The van der Waals surface area contributed by atoms with E-state index < -0.39 is 0 Å². The van der Waals surface area contributed by atoms with Crippen molar-refractivity contribution in [3.8, 4) is 11.6 Å². The summed E-state index contributed by atoms with van der Waals surface area (Å²) in [5.41, 5.74) is 1.58. The average molecular weight is 377 g/mol. The average Bonchev–Trinajstić information content (AvgIpc) is 3.02. The molecular weight excluding hydrogens is 348 g/mol. The molecule has 0 bridgehead atoms. The second-order valence-corrected chi connectivity index (χ2v) is 7.32. The van der Waals surface area contributed by atoms with Gasteiger partial charge in [0.15, 0.2) is 0 Å². The number of nitrogens with zero attached hydrogens (tertiary/aromatic N) is 2. The molecular formula is C21H29ClN2O2. The van der Waals surface area contributed by atoms with Crippen LogP contribution in [-0.4, -0.2) is 15.7 Å². The van der Waals surface area contributed by atoms with Crippen LogP contribution in [0.1, 0.15) is 77.3 Å². The zero-order valence-electron chi connectivity index (χ0n) is 16.0. The highest BCUT2D eigenvalue weighted by atomic mass is 35.5. The summed E-state index contributed by atoms with van der Waals surface area (Å²) in [6, 6.07) is 9.25. The summed E-state index contributed by atoms with van der Waals surface area (Å²) < 4.78 is 7.24. The Morgan fingerprint density at radius 3 is 2.54 bits per heavy atom. The van der Waals surface area contributed by atoms with Crippen molar-refractivity contribution in [2.45, 2.75) is 71.6 Å². The first-order valence-corrected chi connectivity index (χ1v) is 9.96. The van der Waals surface area contributed by atoms with Gasteiger partial charge in [-0.1, -0.05) is 76.6 Å². The highest BCUT2D eigenvalue weighted by molar-refractivity contribution is 6.32. The van der Waals surface area contributed by atoms with Gasteiger partial charge in [-0.05, 0) is 24.5 Å². The van der Waals surface area contributed by atoms with Gasteiger partial charge in [0.25, 0.3) is 0 Å². The summed E-state index contributed by atoms with van der Waals surface area (Å²) in [6.07, 6.45) is 7.26. The van der Waals surface area contributed by atoms with Crippen molar-refractivity contribution in [2.24, 2.45) is 0 Å². The Hall–Kier alpha value is -1.81. The molecule has 5 heteroatoms. The molecule has 1 aromatic carbocycles. The van der Waals surface area contributed by atoms with Crippen molar-refractivity contribution < 1.29 is 9.53 Å². The zero-order chi connectivity index (χ0) is 18.9. The van der Waals surface area contributed by atoms with Crippen LogP contribution in [0.3, 0.4) is 0 Å². The standard InChI is InChI=1S/C21H29ClN2O2/c1-4-5-6-7-8-9-14-21(25)26-20-15-18(16(2)3)23-24(20)19-13-11-10-12-17(19)22/h10-13,15-16H,4-9,14H2,1-3H3. The fourth-order valence-electron chi connectivity index (χ4n) is 2.75. The number of esters is 1. The normalized spacial score (nSPS) is 11.1. The molecule has 0 spiro atoms. The lowest BCUT2D eigenvalue weighted by molar-refractivity contribution is -0.134. The van der Waals surface area contributed by atoms with Crippen LogP contribution in [0.25, 0.3) is 5.69 Å². The Bertz CT molecular complexity index is 710. The predicted molar refractivity (Wildman–Crippen MR) is 106 cm³/mol. The molecule has 1 heterocycles. The van der Waals surface area contributed by atoms with Gasteiger partial charge in [-0.25, -0.2) is 0 Å². The second kappa shape index (κ2) is 10.4. The van der Waals surface area contributed by atoms with E-state index in [0.29, 0.717) is 23.0 Å². The van der Waals surface area contributed by atoms with Crippen molar-refractivity contribution in [2.75, 3.05) is 0 Å². The predicted octanol–water partition coefficient (Wildman–Crippen LogP) is 6.31. The number of carbonyl (C=O) groups is 1. The molecule has 0 N–H and O–H groups in total. The van der Waals surface area contributed by atoms with E-state index in [-0.39, 0.29) is 11.9 Å². The molecule has 0 aliphatic rings. The minimum Gasteiger partial charge on any atom is -0.407 e. The fourth-order valence-corrected chi connectivity index (χ4v) is 2.97. The van der Waals surface area contributed by atoms with E-state index in [1.165, 1.54) is 25.7 Å². The van der Waals surface area contributed by atoms with Crippen LogP contribution < -0.4 is 4.74 Å². The highest BCUT2D eigenvalue weighted by Crippen LogP contribution is 2.28. The van der Waals surface area contributed by atoms with Crippen LogP contribution in [0.5, 0.6) is 5.88 Å². The fraction of sp³-hybridized carbons (Fsp3) is 0.524. The highest BCUT2D eigenvalue weighted by Gasteiger charge is 2.17. The molecule has 4 nitrogen and oxygen atoms in total. The summed E-state index contributed by atoms with van der Waals surface area (Å²) in [7, 11) is 0. The number of hydrogen-bond donors (Lipinski definition) is 0. The number of unbranched alkanes of at least 4 members (excludes halogenated alkanes) is 5. The minimum atomic E-state index is -0.219. The molecule has 0 fully saturated rings. The molecule has 26 heavy (non-hydrogen) atoms. The maximum Gasteiger partial charge on any atom is 0.312 e. The molecule has 0 amide bonds. The van der Waals surface area contributed by atoms with Gasteiger partial charge in [0, 0.05) is 12.5 Å². The molecule has 1 aromatic heterocycles. The Kier molecular flexibility index (Phi) is 8.17. The first-order chi connectivity index (χ1) is 12.5. The number of carbonyl (C=O) groups excluding carboxylic acids is 1. The van der Waals surface area contributed by atoms with E-state index in [4.69, 9.17) is 16.3 Å². The van der Waals surface area contributed by atoms with Crippen LogP contribution >= 0.6 is 11.6 Å².